The first-order valence-corrected chi connectivity index (χ1v) is 10.2. The summed E-state index contributed by atoms with van der Waals surface area (Å²) >= 11 is 0. The summed E-state index contributed by atoms with van der Waals surface area (Å²) in [5.41, 5.74) is 2.96. The van der Waals surface area contributed by atoms with Gasteiger partial charge < -0.3 is 20.4 Å². The summed E-state index contributed by atoms with van der Waals surface area (Å²) in [6.45, 7) is 6.13. The first kappa shape index (κ1) is 23.2. The molecule has 2 N–H and O–H groups in total. The van der Waals surface area contributed by atoms with E-state index in [0.29, 0.717) is 24.3 Å². The molecule has 2 rings (SSSR count). The minimum atomic E-state index is -0.405. The number of carbonyl (C=O) groups is 2. The minimum absolute atomic E-state index is 0.0394. The Labute approximate surface area is 178 Å². The second kappa shape index (κ2) is 10.6. The lowest BCUT2D eigenvalue weighted by atomic mass is 10.1. The largest absolute Gasteiger partial charge is 0.377 e. The van der Waals surface area contributed by atoms with Gasteiger partial charge in [0.1, 0.15) is 5.82 Å². The summed E-state index contributed by atoms with van der Waals surface area (Å²) in [6, 6.07) is 11.2. The molecule has 30 heavy (non-hydrogen) atoms. The van der Waals surface area contributed by atoms with E-state index < -0.39 is 5.82 Å². The van der Waals surface area contributed by atoms with Gasteiger partial charge >= 0.3 is 6.03 Å². The lowest BCUT2D eigenvalue weighted by Gasteiger charge is -2.31. The Bertz CT molecular complexity index is 885. The standard InChI is InChI=1S/C23H31FN4O2/c1-6-16(3)28(23(30)26-19-10-8-9-18(24)14-19)15-17-13-20(25-22(29)7-2)11-12-21(17)27(4)5/h8-14,16H,6-7,15H2,1-5H3,(H,25,29)(H,26,30). The zero-order chi connectivity index (χ0) is 22.3. The number of carbonyl (C=O) groups excluding carboxylic acids is 2. The monoisotopic (exact) mass is 414 g/mol. The smallest absolute Gasteiger partial charge is 0.322 e. The highest BCUT2D eigenvalue weighted by Crippen LogP contribution is 2.26. The lowest BCUT2D eigenvalue weighted by Crippen LogP contribution is -2.41. The zero-order valence-corrected chi connectivity index (χ0v) is 18.3. The Hall–Kier alpha value is -3.09. The van der Waals surface area contributed by atoms with Crippen molar-refractivity contribution in [3.8, 4) is 0 Å². The third-order valence-corrected chi connectivity index (χ3v) is 4.97. The van der Waals surface area contributed by atoms with Crippen LogP contribution in [0.2, 0.25) is 0 Å². The number of urea groups is 1. The molecule has 0 bridgehead atoms. The summed E-state index contributed by atoms with van der Waals surface area (Å²) in [4.78, 5) is 28.5. The van der Waals surface area contributed by atoms with Gasteiger partial charge in [-0.25, -0.2) is 9.18 Å². The average Bonchev–Trinajstić information content (AvgIpc) is 2.71. The molecule has 3 amide bonds. The third kappa shape index (κ3) is 6.20. The molecule has 1 atom stereocenters. The van der Waals surface area contributed by atoms with Crippen LogP contribution in [0.15, 0.2) is 42.5 Å². The summed E-state index contributed by atoms with van der Waals surface area (Å²) in [5, 5.41) is 5.66. The van der Waals surface area contributed by atoms with Crippen molar-refractivity contribution in [1.82, 2.24) is 4.90 Å². The van der Waals surface area contributed by atoms with Crippen molar-refractivity contribution < 1.29 is 14.0 Å². The summed E-state index contributed by atoms with van der Waals surface area (Å²) < 4.78 is 13.5. The number of anilines is 3. The van der Waals surface area contributed by atoms with Crippen LogP contribution in [0.5, 0.6) is 0 Å². The van der Waals surface area contributed by atoms with E-state index >= 15 is 0 Å². The topological polar surface area (TPSA) is 64.7 Å². The Morgan fingerprint density at radius 3 is 2.33 bits per heavy atom. The molecule has 0 aliphatic rings. The number of rotatable bonds is 8. The van der Waals surface area contributed by atoms with Crippen molar-refractivity contribution >= 4 is 29.0 Å². The van der Waals surface area contributed by atoms with Gasteiger partial charge in [0, 0.05) is 50.2 Å². The van der Waals surface area contributed by atoms with Crippen LogP contribution in [0.1, 0.15) is 39.2 Å². The van der Waals surface area contributed by atoms with Gasteiger partial charge in [-0.15, -0.1) is 0 Å². The van der Waals surface area contributed by atoms with E-state index in [1.165, 1.54) is 12.1 Å². The first-order valence-electron chi connectivity index (χ1n) is 10.2. The van der Waals surface area contributed by atoms with Crippen LogP contribution < -0.4 is 15.5 Å². The van der Waals surface area contributed by atoms with Gasteiger partial charge in [0.2, 0.25) is 5.91 Å². The Kier molecular flexibility index (Phi) is 8.21. The fourth-order valence-electron chi connectivity index (χ4n) is 3.07. The molecule has 0 heterocycles. The van der Waals surface area contributed by atoms with Crippen LogP contribution in [-0.2, 0) is 11.3 Å². The van der Waals surface area contributed by atoms with E-state index in [9.17, 15) is 14.0 Å². The van der Waals surface area contributed by atoms with Gasteiger partial charge in [0.15, 0.2) is 0 Å². The highest BCUT2D eigenvalue weighted by Gasteiger charge is 2.21. The molecule has 0 spiro atoms. The molecule has 0 saturated carbocycles. The Balaban J connectivity index is 2.33. The molecule has 2 aromatic carbocycles. The molecule has 0 aromatic heterocycles. The molecular weight excluding hydrogens is 383 g/mol. The van der Waals surface area contributed by atoms with Crippen LogP contribution in [-0.4, -0.2) is 37.0 Å². The molecule has 6 nitrogen and oxygen atoms in total. The SMILES string of the molecule is CCC(=O)Nc1ccc(N(C)C)c(CN(C(=O)Nc2cccc(F)c2)C(C)CC)c1. The Morgan fingerprint density at radius 2 is 1.73 bits per heavy atom. The molecule has 0 fully saturated rings. The normalized spacial score (nSPS) is 11.5. The fourth-order valence-corrected chi connectivity index (χ4v) is 3.07. The predicted octanol–water partition coefficient (Wildman–Crippen LogP) is 5.07. The van der Waals surface area contributed by atoms with E-state index in [0.717, 1.165) is 17.7 Å². The predicted molar refractivity (Wildman–Crippen MR) is 120 cm³/mol. The van der Waals surface area contributed by atoms with E-state index in [4.69, 9.17) is 0 Å². The van der Waals surface area contributed by atoms with E-state index in [1.807, 2.05) is 51.0 Å². The number of benzene rings is 2. The number of hydrogen-bond donors (Lipinski definition) is 2. The number of nitrogens with zero attached hydrogens (tertiary/aromatic N) is 2. The minimum Gasteiger partial charge on any atom is -0.377 e. The van der Waals surface area contributed by atoms with Crippen molar-refractivity contribution in [3.05, 3.63) is 53.8 Å². The van der Waals surface area contributed by atoms with Crippen LogP contribution in [0.25, 0.3) is 0 Å². The number of hydrogen-bond acceptors (Lipinski definition) is 3. The first-order chi connectivity index (χ1) is 14.2. The number of nitrogens with one attached hydrogen (secondary N) is 2. The molecule has 0 saturated heterocycles. The van der Waals surface area contributed by atoms with Crippen molar-refractivity contribution in [2.45, 2.75) is 46.2 Å². The van der Waals surface area contributed by atoms with Gasteiger partial charge in [-0.3, -0.25) is 4.79 Å². The maximum atomic E-state index is 13.5. The van der Waals surface area contributed by atoms with Crippen LogP contribution >= 0.6 is 0 Å². The molecule has 1 unspecified atom stereocenters. The van der Waals surface area contributed by atoms with Crippen LogP contribution in [0.3, 0.4) is 0 Å². The third-order valence-electron chi connectivity index (χ3n) is 4.97. The van der Waals surface area contributed by atoms with Crippen LogP contribution in [0.4, 0.5) is 26.2 Å². The maximum absolute atomic E-state index is 13.5. The highest BCUT2D eigenvalue weighted by molar-refractivity contribution is 5.91. The maximum Gasteiger partial charge on any atom is 0.322 e. The van der Waals surface area contributed by atoms with Crippen molar-refractivity contribution in [2.24, 2.45) is 0 Å². The van der Waals surface area contributed by atoms with Gasteiger partial charge in [-0.2, -0.15) is 0 Å². The van der Waals surface area contributed by atoms with Crippen molar-refractivity contribution in [1.29, 1.82) is 0 Å². The van der Waals surface area contributed by atoms with Gasteiger partial charge in [-0.05, 0) is 55.3 Å². The van der Waals surface area contributed by atoms with Gasteiger partial charge in [0.25, 0.3) is 0 Å². The fraction of sp³-hybridized carbons (Fsp3) is 0.391. The average molecular weight is 415 g/mol. The lowest BCUT2D eigenvalue weighted by molar-refractivity contribution is -0.115. The van der Waals surface area contributed by atoms with Crippen molar-refractivity contribution in [3.63, 3.8) is 0 Å². The highest BCUT2D eigenvalue weighted by atomic mass is 19.1. The van der Waals surface area contributed by atoms with Crippen LogP contribution in [0, 0.1) is 5.82 Å². The second-order valence-corrected chi connectivity index (χ2v) is 7.47. The van der Waals surface area contributed by atoms with Crippen molar-refractivity contribution in [2.75, 3.05) is 29.6 Å². The molecule has 0 aliphatic heterocycles. The van der Waals surface area contributed by atoms with Gasteiger partial charge in [-0.1, -0.05) is 19.9 Å². The molecule has 162 valence electrons. The molecule has 0 aliphatic carbocycles. The van der Waals surface area contributed by atoms with E-state index in [-0.39, 0.29) is 18.0 Å². The summed E-state index contributed by atoms with van der Waals surface area (Å²) in [6.07, 6.45) is 1.15. The molecule has 2 aromatic rings. The molecule has 7 heteroatoms. The number of amides is 3. The Morgan fingerprint density at radius 1 is 1.03 bits per heavy atom. The zero-order valence-electron chi connectivity index (χ0n) is 18.3. The van der Waals surface area contributed by atoms with E-state index in [2.05, 4.69) is 10.6 Å². The number of halogens is 1. The quantitative estimate of drug-likeness (QED) is 0.634. The second-order valence-electron chi connectivity index (χ2n) is 7.47. The summed E-state index contributed by atoms with van der Waals surface area (Å²) in [5.74, 6) is -0.474. The van der Waals surface area contributed by atoms with Gasteiger partial charge in [0.05, 0.1) is 0 Å². The summed E-state index contributed by atoms with van der Waals surface area (Å²) in [7, 11) is 3.87. The molecule has 0 radical (unpaired) electrons. The molecular formula is C23H31FN4O2. The van der Waals surface area contributed by atoms with E-state index in [1.54, 1.807) is 24.0 Å².